The summed E-state index contributed by atoms with van der Waals surface area (Å²) in [5, 5.41) is 3.81. The van der Waals surface area contributed by atoms with Crippen LogP contribution >= 0.6 is 36.4 Å². The maximum Gasteiger partial charge on any atom is 0.240 e. The average Bonchev–Trinajstić information content (AvgIpc) is 3.05. The van der Waals surface area contributed by atoms with E-state index in [2.05, 4.69) is 10.2 Å². The van der Waals surface area contributed by atoms with E-state index in [1.165, 1.54) is 0 Å². The summed E-state index contributed by atoms with van der Waals surface area (Å²) in [6.45, 7) is 3.59. The van der Waals surface area contributed by atoms with Crippen LogP contribution in [-0.4, -0.2) is 49.2 Å². The second kappa shape index (κ2) is 10.7. The van der Waals surface area contributed by atoms with Gasteiger partial charge in [-0.15, -0.1) is 24.8 Å². The molecule has 2 aliphatic rings. The number of nitrogens with one attached hydrogen (secondary N) is 1. The fourth-order valence-corrected chi connectivity index (χ4v) is 3.93. The number of morpholine rings is 1. The van der Waals surface area contributed by atoms with Gasteiger partial charge in [-0.3, -0.25) is 9.69 Å². The predicted octanol–water partition coefficient (Wildman–Crippen LogP) is 2.94. The number of hydrogen-bond donors (Lipinski definition) is 2. The first-order valence-electron chi connectivity index (χ1n) is 8.73. The molecule has 1 amide bonds. The van der Waals surface area contributed by atoms with E-state index in [-0.39, 0.29) is 36.8 Å². The first-order chi connectivity index (χ1) is 11.6. The van der Waals surface area contributed by atoms with Crippen LogP contribution in [0.15, 0.2) is 24.3 Å². The van der Waals surface area contributed by atoms with E-state index in [0.717, 1.165) is 49.4 Å². The standard InChI is InChI=1S/C18H26ClN3O2.2ClH/c19-15-6-2-1-5-14(15)16(22-9-11-24-12-10-22)13-21-17(23)18(20)7-3-4-8-18;;/h1-2,5-6,16H,3-4,7-13,20H2,(H,21,23);2*1H. The van der Waals surface area contributed by atoms with Gasteiger partial charge in [-0.2, -0.15) is 0 Å². The minimum absolute atomic E-state index is 0. The predicted molar refractivity (Wildman–Crippen MR) is 109 cm³/mol. The van der Waals surface area contributed by atoms with Crippen LogP contribution < -0.4 is 11.1 Å². The molecule has 1 saturated heterocycles. The Kier molecular flexibility index (Phi) is 9.65. The summed E-state index contributed by atoms with van der Waals surface area (Å²) in [5.41, 5.74) is 6.61. The molecular weight excluding hydrogens is 397 g/mol. The van der Waals surface area contributed by atoms with Crippen LogP contribution in [0.2, 0.25) is 5.02 Å². The first kappa shape index (κ1) is 23.5. The van der Waals surface area contributed by atoms with E-state index in [0.29, 0.717) is 19.8 Å². The van der Waals surface area contributed by atoms with Crippen LogP contribution in [0, 0.1) is 0 Å². The van der Waals surface area contributed by atoms with Crippen molar-refractivity contribution in [2.24, 2.45) is 5.73 Å². The number of carbonyl (C=O) groups is 1. The highest BCUT2D eigenvalue weighted by Gasteiger charge is 2.37. The lowest BCUT2D eigenvalue weighted by molar-refractivity contribution is -0.126. The maximum absolute atomic E-state index is 12.6. The summed E-state index contributed by atoms with van der Waals surface area (Å²) >= 11 is 6.41. The van der Waals surface area contributed by atoms with Gasteiger partial charge in [0.1, 0.15) is 0 Å². The molecule has 1 aliphatic heterocycles. The van der Waals surface area contributed by atoms with Gasteiger partial charge in [0.2, 0.25) is 5.91 Å². The molecule has 0 aromatic heterocycles. The van der Waals surface area contributed by atoms with Crippen molar-refractivity contribution in [2.75, 3.05) is 32.8 Å². The second-order valence-corrected chi connectivity index (χ2v) is 7.17. The molecule has 1 atom stereocenters. The van der Waals surface area contributed by atoms with Crippen LogP contribution in [0.4, 0.5) is 0 Å². The highest BCUT2D eigenvalue weighted by molar-refractivity contribution is 6.31. The molecular formula is C18H28Cl3N3O2. The molecule has 0 bridgehead atoms. The summed E-state index contributed by atoms with van der Waals surface area (Å²) in [6.07, 6.45) is 3.60. The third-order valence-corrected chi connectivity index (χ3v) is 5.50. The van der Waals surface area contributed by atoms with Crippen LogP contribution in [0.1, 0.15) is 37.3 Å². The lowest BCUT2D eigenvalue weighted by Gasteiger charge is -2.36. The van der Waals surface area contributed by atoms with Gasteiger partial charge in [0.25, 0.3) is 0 Å². The highest BCUT2D eigenvalue weighted by atomic mass is 35.5. The Hall–Kier alpha value is -0.560. The van der Waals surface area contributed by atoms with E-state index in [9.17, 15) is 4.79 Å². The van der Waals surface area contributed by atoms with Crippen molar-refractivity contribution in [3.05, 3.63) is 34.9 Å². The van der Waals surface area contributed by atoms with Crippen molar-refractivity contribution in [3.63, 3.8) is 0 Å². The van der Waals surface area contributed by atoms with Crippen molar-refractivity contribution in [1.82, 2.24) is 10.2 Å². The van der Waals surface area contributed by atoms with Crippen molar-refractivity contribution >= 4 is 42.3 Å². The summed E-state index contributed by atoms with van der Waals surface area (Å²) in [7, 11) is 0. The second-order valence-electron chi connectivity index (χ2n) is 6.76. The molecule has 1 heterocycles. The number of hydrogen-bond acceptors (Lipinski definition) is 4. The number of carbonyl (C=O) groups excluding carboxylic acids is 1. The molecule has 0 radical (unpaired) electrons. The quantitative estimate of drug-likeness (QED) is 0.762. The van der Waals surface area contributed by atoms with Gasteiger partial charge in [-0.05, 0) is 24.5 Å². The van der Waals surface area contributed by atoms with Crippen LogP contribution in [-0.2, 0) is 9.53 Å². The molecule has 1 aromatic rings. The lowest BCUT2D eigenvalue weighted by Crippen LogP contribution is -2.54. The number of nitrogens with two attached hydrogens (primary N) is 1. The van der Waals surface area contributed by atoms with Gasteiger partial charge in [0, 0.05) is 24.7 Å². The van der Waals surface area contributed by atoms with E-state index in [1.807, 2.05) is 24.3 Å². The fourth-order valence-electron chi connectivity index (χ4n) is 3.67. The normalized spacial score (nSPS) is 20.5. The number of benzene rings is 1. The molecule has 3 N–H and O–H groups in total. The van der Waals surface area contributed by atoms with E-state index < -0.39 is 5.54 Å². The number of halogens is 3. The number of nitrogens with zero attached hydrogens (tertiary/aromatic N) is 1. The van der Waals surface area contributed by atoms with Crippen LogP contribution in [0.3, 0.4) is 0 Å². The van der Waals surface area contributed by atoms with E-state index in [1.54, 1.807) is 0 Å². The molecule has 148 valence electrons. The highest BCUT2D eigenvalue weighted by Crippen LogP contribution is 2.30. The third kappa shape index (κ3) is 5.47. The summed E-state index contributed by atoms with van der Waals surface area (Å²) < 4.78 is 5.46. The van der Waals surface area contributed by atoms with Crippen molar-refractivity contribution in [3.8, 4) is 0 Å². The summed E-state index contributed by atoms with van der Waals surface area (Å²) in [6, 6.07) is 7.87. The zero-order chi connectivity index (χ0) is 17.0. The Morgan fingerprint density at radius 1 is 1.23 bits per heavy atom. The lowest BCUT2D eigenvalue weighted by atomic mass is 9.97. The van der Waals surface area contributed by atoms with E-state index >= 15 is 0 Å². The Morgan fingerprint density at radius 2 is 1.85 bits per heavy atom. The van der Waals surface area contributed by atoms with Crippen LogP contribution in [0.5, 0.6) is 0 Å². The molecule has 2 fully saturated rings. The van der Waals surface area contributed by atoms with Gasteiger partial charge in [0.15, 0.2) is 0 Å². The Balaban J connectivity index is 0.00000169. The minimum Gasteiger partial charge on any atom is -0.379 e. The summed E-state index contributed by atoms with van der Waals surface area (Å²) in [4.78, 5) is 14.9. The Morgan fingerprint density at radius 3 is 2.46 bits per heavy atom. The van der Waals surface area contributed by atoms with Crippen molar-refractivity contribution < 1.29 is 9.53 Å². The zero-order valence-electron chi connectivity index (χ0n) is 14.8. The topological polar surface area (TPSA) is 67.6 Å². The van der Waals surface area contributed by atoms with Gasteiger partial charge >= 0.3 is 0 Å². The monoisotopic (exact) mass is 423 g/mol. The van der Waals surface area contributed by atoms with Gasteiger partial charge in [-0.1, -0.05) is 42.6 Å². The molecule has 1 aromatic carbocycles. The molecule has 1 saturated carbocycles. The molecule has 1 unspecified atom stereocenters. The molecule has 0 spiro atoms. The zero-order valence-corrected chi connectivity index (χ0v) is 17.2. The number of rotatable bonds is 5. The fraction of sp³-hybridized carbons (Fsp3) is 0.611. The van der Waals surface area contributed by atoms with Crippen molar-refractivity contribution in [2.45, 2.75) is 37.3 Å². The number of ether oxygens (including phenoxy) is 1. The van der Waals surface area contributed by atoms with E-state index in [4.69, 9.17) is 22.1 Å². The van der Waals surface area contributed by atoms with Gasteiger partial charge in [0.05, 0.1) is 24.8 Å². The van der Waals surface area contributed by atoms with Gasteiger partial charge in [-0.25, -0.2) is 0 Å². The van der Waals surface area contributed by atoms with Crippen molar-refractivity contribution in [1.29, 1.82) is 0 Å². The third-order valence-electron chi connectivity index (χ3n) is 5.15. The summed E-state index contributed by atoms with van der Waals surface area (Å²) in [5.74, 6) is -0.0367. The first-order valence-corrected chi connectivity index (χ1v) is 9.11. The molecule has 3 rings (SSSR count). The molecule has 1 aliphatic carbocycles. The molecule has 26 heavy (non-hydrogen) atoms. The van der Waals surface area contributed by atoms with Crippen LogP contribution in [0.25, 0.3) is 0 Å². The number of amides is 1. The smallest absolute Gasteiger partial charge is 0.240 e. The Labute approximate surface area is 172 Å². The Bertz CT molecular complexity index is 577. The molecule has 8 heteroatoms. The van der Waals surface area contributed by atoms with Gasteiger partial charge < -0.3 is 15.8 Å². The largest absolute Gasteiger partial charge is 0.379 e. The minimum atomic E-state index is -0.698. The SMILES string of the molecule is Cl.Cl.NC1(C(=O)NCC(c2ccccc2Cl)N2CCOCC2)CCCC1. The molecule has 5 nitrogen and oxygen atoms in total. The average molecular weight is 425 g/mol. The maximum atomic E-state index is 12.6.